The van der Waals surface area contributed by atoms with E-state index in [1.54, 1.807) is 0 Å². The van der Waals surface area contributed by atoms with Gasteiger partial charge in [0.15, 0.2) is 0 Å². The van der Waals surface area contributed by atoms with Crippen LogP contribution in [-0.2, 0) is 4.74 Å². The highest BCUT2D eigenvalue weighted by Crippen LogP contribution is 2.28. The van der Waals surface area contributed by atoms with Crippen molar-refractivity contribution in [1.29, 1.82) is 0 Å². The second-order valence-corrected chi connectivity index (χ2v) is 4.81. The molecule has 0 rings (SSSR count). The minimum Gasteiger partial charge on any atom is -0.374 e. The molecule has 0 amide bonds. The molecular weight excluding hydrogens is 210 g/mol. The normalized spacial score (nSPS) is 13.7. The average molecular weight is 241 g/mol. The summed E-state index contributed by atoms with van der Waals surface area (Å²) in [5, 5.41) is 3.60. The Morgan fingerprint density at radius 2 is 1.82 bits per heavy atom. The number of hydrogen-bond donors (Lipinski definition) is 1. The van der Waals surface area contributed by atoms with Crippen molar-refractivity contribution >= 4 is 0 Å². The van der Waals surface area contributed by atoms with Gasteiger partial charge in [-0.1, -0.05) is 26.3 Å². The van der Waals surface area contributed by atoms with Gasteiger partial charge in [-0.2, -0.15) is 0 Å². The molecule has 0 saturated heterocycles. The van der Waals surface area contributed by atoms with Gasteiger partial charge in [-0.25, -0.2) is 0 Å². The Bertz CT molecular complexity index is 209. The molecule has 0 aliphatic rings. The van der Waals surface area contributed by atoms with Crippen LogP contribution >= 0.6 is 0 Å². The lowest BCUT2D eigenvalue weighted by Crippen LogP contribution is -2.52. The zero-order valence-electron chi connectivity index (χ0n) is 12.4. The number of ether oxygens (including phenoxy) is 1. The van der Waals surface area contributed by atoms with Gasteiger partial charge in [0.2, 0.25) is 0 Å². The van der Waals surface area contributed by atoms with E-state index in [4.69, 9.17) is 4.74 Å². The Labute approximate surface area is 108 Å². The molecule has 0 aromatic rings. The lowest BCUT2D eigenvalue weighted by Gasteiger charge is -2.40. The molecule has 0 aliphatic heterocycles. The highest BCUT2D eigenvalue weighted by molar-refractivity contribution is 4.96. The Kier molecular flexibility index (Phi) is 8.53. The fourth-order valence-corrected chi connectivity index (χ4v) is 2.52. The van der Waals surface area contributed by atoms with Crippen LogP contribution in [0.3, 0.4) is 0 Å². The molecule has 1 unspecified atom stereocenters. The van der Waals surface area contributed by atoms with Crippen LogP contribution in [-0.4, -0.2) is 24.8 Å². The Morgan fingerprint density at radius 3 is 2.18 bits per heavy atom. The number of likely N-dealkylation sites (N-methyl/N-ethyl adjacent to an activating group) is 1. The van der Waals surface area contributed by atoms with E-state index in [-0.39, 0.29) is 5.60 Å². The third kappa shape index (κ3) is 5.22. The minimum atomic E-state index is -0.0137. The van der Waals surface area contributed by atoms with Gasteiger partial charge in [0, 0.05) is 12.6 Å². The van der Waals surface area contributed by atoms with E-state index in [9.17, 15) is 0 Å². The van der Waals surface area contributed by atoms with Crippen molar-refractivity contribution in [2.45, 2.75) is 71.9 Å². The molecule has 0 bridgehead atoms. The van der Waals surface area contributed by atoms with Crippen LogP contribution in [0, 0.1) is 0 Å². The molecular formula is C15H31NO. The zero-order chi connectivity index (χ0) is 13.3. The summed E-state index contributed by atoms with van der Waals surface area (Å²) in [6, 6.07) is 0.430. The molecule has 0 aliphatic carbocycles. The van der Waals surface area contributed by atoms with Crippen molar-refractivity contribution in [3.63, 3.8) is 0 Å². The van der Waals surface area contributed by atoms with E-state index < -0.39 is 0 Å². The molecule has 2 nitrogen and oxygen atoms in total. The standard InChI is InChI=1S/C15H31NO/c1-7-15(8-2,17-10-4)14(16-9-3)12-11-13(5)6/h14,16H,5,7-12H2,1-4,6H3. The van der Waals surface area contributed by atoms with Gasteiger partial charge in [-0.3, -0.25) is 0 Å². The number of allylic oxidation sites excluding steroid dienone is 1. The lowest BCUT2D eigenvalue weighted by atomic mass is 9.84. The monoisotopic (exact) mass is 241 g/mol. The highest BCUT2D eigenvalue weighted by Gasteiger charge is 2.35. The third-order valence-corrected chi connectivity index (χ3v) is 3.57. The van der Waals surface area contributed by atoms with Gasteiger partial charge in [0.1, 0.15) is 0 Å². The maximum Gasteiger partial charge on any atom is 0.0829 e. The molecule has 0 radical (unpaired) electrons. The van der Waals surface area contributed by atoms with Crippen LogP contribution in [0.1, 0.15) is 60.3 Å². The summed E-state index contributed by atoms with van der Waals surface area (Å²) in [4.78, 5) is 0. The molecule has 0 heterocycles. The number of nitrogens with one attached hydrogen (secondary N) is 1. The predicted octanol–water partition coefficient (Wildman–Crippen LogP) is 3.92. The van der Waals surface area contributed by atoms with Crippen LogP contribution in [0.25, 0.3) is 0 Å². The largest absolute Gasteiger partial charge is 0.374 e. The molecule has 2 heteroatoms. The molecule has 1 N–H and O–H groups in total. The number of rotatable bonds is 10. The Morgan fingerprint density at radius 1 is 1.24 bits per heavy atom. The van der Waals surface area contributed by atoms with Crippen LogP contribution in [0.5, 0.6) is 0 Å². The van der Waals surface area contributed by atoms with E-state index in [2.05, 4.69) is 46.5 Å². The van der Waals surface area contributed by atoms with Crippen molar-refractivity contribution in [3.8, 4) is 0 Å². The predicted molar refractivity (Wildman–Crippen MR) is 76.5 cm³/mol. The lowest BCUT2D eigenvalue weighted by molar-refractivity contribution is -0.0733. The second kappa shape index (κ2) is 8.71. The van der Waals surface area contributed by atoms with E-state index in [1.807, 2.05) is 0 Å². The summed E-state index contributed by atoms with van der Waals surface area (Å²) in [5.74, 6) is 0. The fraction of sp³-hybridized carbons (Fsp3) is 0.867. The van der Waals surface area contributed by atoms with Gasteiger partial charge in [0.25, 0.3) is 0 Å². The number of hydrogen-bond acceptors (Lipinski definition) is 2. The summed E-state index contributed by atoms with van der Waals surface area (Å²) in [7, 11) is 0. The van der Waals surface area contributed by atoms with Gasteiger partial charge in [-0.05, 0) is 46.1 Å². The summed E-state index contributed by atoms with van der Waals surface area (Å²) in [6.07, 6.45) is 4.31. The minimum absolute atomic E-state index is 0.0137. The van der Waals surface area contributed by atoms with Gasteiger partial charge < -0.3 is 10.1 Å². The van der Waals surface area contributed by atoms with Gasteiger partial charge in [-0.15, -0.1) is 6.58 Å². The molecule has 0 aromatic carbocycles. The molecule has 0 spiro atoms. The topological polar surface area (TPSA) is 21.3 Å². The second-order valence-electron chi connectivity index (χ2n) is 4.81. The first kappa shape index (κ1) is 16.7. The molecule has 0 saturated carbocycles. The first-order valence-corrected chi connectivity index (χ1v) is 7.07. The Hall–Kier alpha value is -0.340. The summed E-state index contributed by atoms with van der Waals surface area (Å²) >= 11 is 0. The summed E-state index contributed by atoms with van der Waals surface area (Å²) in [6.45, 7) is 16.6. The van der Waals surface area contributed by atoms with E-state index in [0.29, 0.717) is 6.04 Å². The van der Waals surface area contributed by atoms with Crippen LogP contribution < -0.4 is 5.32 Å². The zero-order valence-corrected chi connectivity index (χ0v) is 12.4. The van der Waals surface area contributed by atoms with Crippen molar-refractivity contribution in [2.24, 2.45) is 0 Å². The summed E-state index contributed by atoms with van der Waals surface area (Å²) < 4.78 is 6.08. The van der Waals surface area contributed by atoms with Crippen LogP contribution in [0.2, 0.25) is 0 Å². The third-order valence-electron chi connectivity index (χ3n) is 3.57. The van der Waals surface area contributed by atoms with Gasteiger partial charge in [0.05, 0.1) is 5.60 Å². The van der Waals surface area contributed by atoms with E-state index in [0.717, 1.165) is 38.8 Å². The maximum atomic E-state index is 6.08. The van der Waals surface area contributed by atoms with Crippen LogP contribution in [0.15, 0.2) is 12.2 Å². The Balaban J connectivity index is 4.73. The smallest absolute Gasteiger partial charge is 0.0829 e. The van der Waals surface area contributed by atoms with Crippen molar-refractivity contribution in [1.82, 2.24) is 5.32 Å². The van der Waals surface area contributed by atoms with Crippen molar-refractivity contribution in [2.75, 3.05) is 13.2 Å². The quantitative estimate of drug-likeness (QED) is 0.585. The first-order valence-electron chi connectivity index (χ1n) is 7.07. The summed E-state index contributed by atoms with van der Waals surface area (Å²) in [5.41, 5.74) is 1.24. The van der Waals surface area contributed by atoms with Crippen molar-refractivity contribution in [3.05, 3.63) is 12.2 Å². The maximum absolute atomic E-state index is 6.08. The molecule has 102 valence electrons. The molecule has 0 aromatic heterocycles. The fourth-order valence-electron chi connectivity index (χ4n) is 2.52. The average Bonchev–Trinajstić information content (AvgIpc) is 2.31. The first-order chi connectivity index (χ1) is 8.06. The SMILES string of the molecule is C=C(C)CCC(NCC)C(CC)(CC)OCC. The molecule has 0 fully saturated rings. The van der Waals surface area contributed by atoms with Crippen molar-refractivity contribution < 1.29 is 4.74 Å². The van der Waals surface area contributed by atoms with E-state index >= 15 is 0 Å². The highest BCUT2D eigenvalue weighted by atomic mass is 16.5. The van der Waals surface area contributed by atoms with E-state index in [1.165, 1.54) is 5.57 Å². The van der Waals surface area contributed by atoms with Gasteiger partial charge >= 0.3 is 0 Å². The molecule has 1 atom stereocenters. The molecule has 17 heavy (non-hydrogen) atoms. The van der Waals surface area contributed by atoms with Crippen LogP contribution in [0.4, 0.5) is 0 Å².